The first-order chi connectivity index (χ1) is 5.22. The monoisotopic (exact) mass is 231 g/mol. The minimum absolute atomic E-state index is 1.16. The van der Waals surface area contributed by atoms with Crippen LogP contribution in [0, 0.1) is 0 Å². The molecule has 1 rings (SSSR count). The number of hydrogen-bond acceptors (Lipinski definition) is 2. The molecule has 0 aliphatic heterocycles. The van der Waals surface area contributed by atoms with Crippen molar-refractivity contribution in [3.8, 4) is 0 Å². The number of thiophene rings is 1. The number of rotatable bonds is 2. The Hall–Kier alpha value is -0.280. The smallest absolute Gasteiger partial charge is 0.0935 e. The van der Waals surface area contributed by atoms with E-state index < -0.39 is 0 Å². The molecule has 0 aliphatic carbocycles. The van der Waals surface area contributed by atoms with E-state index in [1.54, 1.807) is 11.3 Å². The van der Waals surface area contributed by atoms with E-state index >= 15 is 0 Å². The van der Waals surface area contributed by atoms with Crippen LogP contribution in [0.15, 0.2) is 27.7 Å². The Bertz CT molecular complexity index is 265. The molecule has 0 amide bonds. The Balaban J connectivity index is 2.65. The zero-order valence-electron chi connectivity index (χ0n) is 6.52. The van der Waals surface area contributed by atoms with Crippen LogP contribution in [0.5, 0.6) is 0 Å². The minimum Gasteiger partial charge on any atom is -0.351 e. The summed E-state index contributed by atoms with van der Waals surface area (Å²) in [7, 11) is 0. The maximum Gasteiger partial charge on any atom is 0.0935 e. The molecule has 0 radical (unpaired) electrons. The Kier molecular flexibility index (Phi) is 3.15. The molecule has 11 heavy (non-hydrogen) atoms. The first-order valence-electron chi connectivity index (χ1n) is 3.37. The van der Waals surface area contributed by atoms with Gasteiger partial charge in [0.1, 0.15) is 0 Å². The van der Waals surface area contributed by atoms with Gasteiger partial charge in [-0.2, -0.15) is 0 Å². The summed E-state index contributed by atoms with van der Waals surface area (Å²) in [6, 6.07) is 4.09. The van der Waals surface area contributed by atoms with Crippen molar-refractivity contribution in [1.29, 1.82) is 0 Å². The second kappa shape index (κ2) is 3.93. The van der Waals surface area contributed by atoms with Crippen LogP contribution in [0.4, 0.5) is 5.00 Å². The molecule has 0 aliphatic rings. The molecule has 1 aromatic rings. The van der Waals surface area contributed by atoms with Gasteiger partial charge in [-0.05, 0) is 41.9 Å². The molecule has 0 atom stereocenters. The topological polar surface area (TPSA) is 12.0 Å². The normalized spacial score (nSPS) is 11.7. The highest BCUT2D eigenvalue weighted by Crippen LogP contribution is 2.27. The summed E-state index contributed by atoms with van der Waals surface area (Å²) in [6.45, 7) is 4.07. The molecule has 1 N–H and O–H groups in total. The van der Waals surface area contributed by atoms with E-state index in [1.807, 2.05) is 26.0 Å². The zero-order chi connectivity index (χ0) is 8.27. The first kappa shape index (κ1) is 8.81. The Morgan fingerprint density at radius 2 is 2.36 bits per heavy atom. The fraction of sp³-hybridized carbons (Fsp3) is 0.250. The van der Waals surface area contributed by atoms with Crippen LogP contribution in [0.1, 0.15) is 13.8 Å². The van der Waals surface area contributed by atoms with Crippen molar-refractivity contribution >= 4 is 32.3 Å². The van der Waals surface area contributed by atoms with Crippen LogP contribution in [0.2, 0.25) is 0 Å². The summed E-state index contributed by atoms with van der Waals surface area (Å²) in [5.41, 5.74) is 1.18. The van der Waals surface area contributed by atoms with Crippen molar-refractivity contribution in [2.45, 2.75) is 13.8 Å². The predicted molar refractivity (Wildman–Crippen MR) is 55.1 cm³/mol. The molecular formula is C8H10BrNS. The average Bonchev–Trinajstić information content (AvgIpc) is 2.35. The van der Waals surface area contributed by atoms with Gasteiger partial charge in [-0.3, -0.25) is 0 Å². The molecule has 0 fully saturated rings. The zero-order valence-corrected chi connectivity index (χ0v) is 8.92. The molecule has 0 unspecified atom stereocenters. The lowest BCUT2D eigenvalue weighted by molar-refractivity contribution is 1.37. The third kappa shape index (κ3) is 2.67. The lowest BCUT2D eigenvalue weighted by atomic mass is 10.4. The first-order valence-corrected chi connectivity index (χ1v) is 4.98. The maximum absolute atomic E-state index is 3.40. The van der Waals surface area contributed by atoms with Gasteiger partial charge in [0.25, 0.3) is 0 Å². The fourth-order valence-electron chi connectivity index (χ4n) is 0.648. The summed E-state index contributed by atoms with van der Waals surface area (Å²) in [4.78, 5) is 0. The second-order valence-corrected chi connectivity index (χ2v) is 4.66. The highest BCUT2D eigenvalue weighted by molar-refractivity contribution is 9.11. The van der Waals surface area contributed by atoms with Gasteiger partial charge in [-0.1, -0.05) is 6.08 Å². The lowest BCUT2D eigenvalue weighted by Gasteiger charge is -2.00. The second-order valence-electron chi connectivity index (χ2n) is 2.20. The molecule has 1 heterocycles. The summed E-state index contributed by atoms with van der Waals surface area (Å²) in [5, 5.41) is 4.44. The van der Waals surface area contributed by atoms with Gasteiger partial charge in [0.05, 0.1) is 8.79 Å². The number of anilines is 1. The molecular weight excluding hydrogens is 222 g/mol. The van der Waals surface area contributed by atoms with Crippen molar-refractivity contribution < 1.29 is 0 Å². The van der Waals surface area contributed by atoms with Gasteiger partial charge < -0.3 is 5.32 Å². The maximum atomic E-state index is 3.40. The van der Waals surface area contributed by atoms with Crippen LogP contribution >= 0.6 is 27.3 Å². The number of halogens is 1. The van der Waals surface area contributed by atoms with E-state index in [9.17, 15) is 0 Å². The highest BCUT2D eigenvalue weighted by Gasteiger charge is 1.95. The Morgan fingerprint density at radius 3 is 2.82 bits per heavy atom. The van der Waals surface area contributed by atoms with Crippen molar-refractivity contribution in [1.82, 2.24) is 0 Å². The van der Waals surface area contributed by atoms with Gasteiger partial charge in [-0.25, -0.2) is 0 Å². The molecule has 0 aromatic carbocycles. The van der Waals surface area contributed by atoms with Gasteiger partial charge in [0.2, 0.25) is 0 Å². The van der Waals surface area contributed by atoms with Crippen molar-refractivity contribution in [2.24, 2.45) is 0 Å². The Morgan fingerprint density at radius 1 is 1.64 bits per heavy atom. The predicted octanol–water partition coefficient (Wildman–Crippen LogP) is 3.85. The summed E-state index contributed by atoms with van der Waals surface area (Å²) >= 11 is 5.10. The van der Waals surface area contributed by atoms with E-state index in [1.165, 1.54) is 10.7 Å². The van der Waals surface area contributed by atoms with Gasteiger partial charge in [0, 0.05) is 5.70 Å². The Labute approximate surface area is 79.3 Å². The highest BCUT2D eigenvalue weighted by atomic mass is 79.9. The molecule has 60 valence electrons. The standard InChI is InChI=1S/C8H10BrNS/c1-3-6(2)10-8-5-4-7(9)11-8/h3-5,10H,1-2H3. The van der Waals surface area contributed by atoms with Crippen LogP contribution in [0.3, 0.4) is 0 Å². The summed E-state index contributed by atoms with van der Waals surface area (Å²) in [6.07, 6.45) is 2.05. The third-order valence-corrected chi connectivity index (χ3v) is 2.87. The van der Waals surface area contributed by atoms with E-state index in [0.29, 0.717) is 0 Å². The number of nitrogens with one attached hydrogen (secondary N) is 1. The van der Waals surface area contributed by atoms with Crippen LogP contribution in [-0.2, 0) is 0 Å². The number of allylic oxidation sites excluding steroid dienone is 2. The average molecular weight is 232 g/mol. The van der Waals surface area contributed by atoms with Crippen molar-refractivity contribution in [3.05, 3.63) is 27.7 Å². The van der Waals surface area contributed by atoms with Crippen LogP contribution in [-0.4, -0.2) is 0 Å². The molecule has 1 aromatic heterocycles. The lowest BCUT2D eigenvalue weighted by Crippen LogP contribution is -1.90. The SMILES string of the molecule is CC=C(C)Nc1ccc(Br)s1. The summed E-state index contributed by atoms with van der Waals surface area (Å²) in [5.74, 6) is 0. The van der Waals surface area contributed by atoms with Crippen LogP contribution in [0.25, 0.3) is 0 Å². The number of hydrogen-bond donors (Lipinski definition) is 1. The minimum atomic E-state index is 1.16. The molecule has 3 heteroatoms. The molecule has 0 saturated heterocycles. The fourth-order valence-corrected chi connectivity index (χ4v) is 2.00. The van der Waals surface area contributed by atoms with E-state index in [-0.39, 0.29) is 0 Å². The molecule has 1 nitrogen and oxygen atoms in total. The van der Waals surface area contributed by atoms with Crippen molar-refractivity contribution in [2.75, 3.05) is 5.32 Å². The largest absolute Gasteiger partial charge is 0.351 e. The quantitative estimate of drug-likeness (QED) is 0.816. The molecule has 0 saturated carbocycles. The van der Waals surface area contributed by atoms with E-state index in [4.69, 9.17) is 0 Å². The third-order valence-electron chi connectivity index (χ3n) is 1.33. The summed E-state index contributed by atoms with van der Waals surface area (Å²) < 4.78 is 1.16. The van der Waals surface area contributed by atoms with Gasteiger partial charge in [0.15, 0.2) is 0 Å². The van der Waals surface area contributed by atoms with Gasteiger partial charge >= 0.3 is 0 Å². The molecule has 0 bridgehead atoms. The van der Waals surface area contributed by atoms with Crippen molar-refractivity contribution in [3.63, 3.8) is 0 Å². The van der Waals surface area contributed by atoms with E-state index in [2.05, 4.69) is 27.3 Å². The van der Waals surface area contributed by atoms with Gasteiger partial charge in [-0.15, -0.1) is 11.3 Å². The van der Waals surface area contributed by atoms with E-state index in [0.717, 1.165) is 3.79 Å². The van der Waals surface area contributed by atoms with Crippen LogP contribution < -0.4 is 5.32 Å². The molecule has 0 spiro atoms.